The Bertz CT molecular complexity index is 1740. The Morgan fingerprint density at radius 3 is 2.73 bits per heavy atom. The van der Waals surface area contributed by atoms with Crippen LogP contribution in [0.4, 0.5) is 5.69 Å². The van der Waals surface area contributed by atoms with E-state index in [2.05, 4.69) is 30.5 Å². The van der Waals surface area contributed by atoms with Gasteiger partial charge in [-0.05, 0) is 41.8 Å². The Morgan fingerprint density at radius 2 is 1.92 bits per heavy atom. The molecule has 0 aliphatic carbocycles. The zero-order valence-corrected chi connectivity index (χ0v) is 20.7. The Hall–Kier alpha value is -4.79. The normalized spacial score (nSPS) is 11.9. The van der Waals surface area contributed by atoms with Crippen molar-refractivity contribution in [2.24, 2.45) is 5.41 Å². The molecule has 37 heavy (non-hydrogen) atoms. The molecule has 0 bridgehead atoms. The number of hydrogen-bond donors (Lipinski definition) is 3. The molecule has 0 unspecified atom stereocenters. The van der Waals surface area contributed by atoms with Crippen molar-refractivity contribution >= 4 is 33.5 Å². The van der Waals surface area contributed by atoms with Gasteiger partial charge >= 0.3 is 0 Å². The molecular weight excluding hydrogens is 466 g/mol. The molecule has 0 saturated heterocycles. The highest BCUT2D eigenvalue weighted by Crippen LogP contribution is 2.33. The molecule has 0 saturated carbocycles. The minimum Gasteiger partial charge on any atom is -0.472 e. The van der Waals surface area contributed by atoms with E-state index in [9.17, 15) is 4.79 Å². The number of rotatable bonds is 5. The number of aromatic nitrogens is 6. The van der Waals surface area contributed by atoms with Crippen LogP contribution >= 0.6 is 0 Å². The van der Waals surface area contributed by atoms with Gasteiger partial charge in [0, 0.05) is 40.8 Å². The second kappa shape index (κ2) is 8.70. The van der Waals surface area contributed by atoms with E-state index in [1.807, 2.05) is 57.2 Å². The first-order valence-electron chi connectivity index (χ1n) is 12.0. The van der Waals surface area contributed by atoms with Gasteiger partial charge in [-0.25, -0.2) is 4.98 Å². The van der Waals surface area contributed by atoms with Gasteiger partial charge in [-0.3, -0.25) is 19.9 Å². The average molecular weight is 492 g/mol. The second-order valence-corrected chi connectivity index (χ2v) is 10.2. The highest BCUT2D eigenvalue weighted by atomic mass is 16.3. The molecule has 9 nitrogen and oxygen atoms in total. The van der Waals surface area contributed by atoms with Crippen molar-refractivity contribution in [2.75, 3.05) is 5.32 Å². The van der Waals surface area contributed by atoms with Crippen molar-refractivity contribution < 1.29 is 9.21 Å². The third-order valence-corrected chi connectivity index (χ3v) is 6.01. The summed E-state index contributed by atoms with van der Waals surface area (Å²) in [7, 11) is 0. The highest BCUT2D eigenvalue weighted by molar-refractivity contribution is 5.99. The number of amides is 1. The summed E-state index contributed by atoms with van der Waals surface area (Å²) in [4.78, 5) is 29.6. The van der Waals surface area contributed by atoms with E-state index in [0.29, 0.717) is 17.8 Å². The van der Waals surface area contributed by atoms with Crippen molar-refractivity contribution in [3.8, 4) is 33.9 Å². The number of fused-ring (bicyclic) bond motifs is 2. The number of anilines is 1. The predicted molar refractivity (Wildman–Crippen MR) is 143 cm³/mol. The van der Waals surface area contributed by atoms with E-state index in [1.165, 1.54) is 0 Å². The maximum atomic E-state index is 12.4. The van der Waals surface area contributed by atoms with Crippen LogP contribution < -0.4 is 5.32 Å². The van der Waals surface area contributed by atoms with Crippen LogP contribution in [0.5, 0.6) is 0 Å². The van der Waals surface area contributed by atoms with Crippen molar-refractivity contribution in [1.82, 2.24) is 30.1 Å². The van der Waals surface area contributed by atoms with E-state index < -0.39 is 0 Å². The fourth-order valence-electron chi connectivity index (χ4n) is 4.39. The molecule has 3 N–H and O–H groups in total. The summed E-state index contributed by atoms with van der Waals surface area (Å²) in [5.74, 6) is -0.0462. The molecule has 184 valence electrons. The molecule has 0 aliphatic heterocycles. The maximum Gasteiger partial charge on any atom is 0.224 e. The van der Waals surface area contributed by atoms with Gasteiger partial charge in [0.05, 0.1) is 47.0 Å². The van der Waals surface area contributed by atoms with E-state index >= 15 is 0 Å². The first-order chi connectivity index (χ1) is 17.8. The summed E-state index contributed by atoms with van der Waals surface area (Å²) in [6.45, 7) is 6.10. The molecule has 1 amide bonds. The second-order valence-electron chi connectivity index (χ2n) is 10.2. The van der Waals surface area contributed by atoms with Gasteiger partial charge < -0.3 is 14.7 Å². The van der Waals surface area contributed by atoms with Gasteiger partial charge in [-0.2, -0.15) is 5.10 Å². The van der Waals surface area contributed by atoms with Crippen molar-refractivity contribution in [3.05, 3.63) is 67.5 Å². The molecular formula is C28H25N7O2. The zero-order valence-electron chi connectivity index (χ0n) is 20.7. The van der Waals surface area contributed by atoms with Gasteiger partial charge in [0.25, 0.3) is 0 Å². The smallest absolute Gasteiger partial charge is 0.224 e. The minimum atomic E-state index is -0.0998. The highest BCUT2D eigenvalue weighted by Gasteiger charge is 2.18. The molecule has 0 aliphatic rings. The molecule has 0 spiro atoms. The van der Waals surface area contributed by atoms with Crippen LogP contribution in [0.15, 0.2) is 71.9 Å². The molecule has 6 rings (SSSR count). The quantitative estimate of drug-likeness (QED) is 0.264. The lowest BCUT2D eigenvalue weighted by Gasteiger charge is -2.17. The number of nitrogens with one attached hydrogen (secondary N) is 3. The van der Waals surface area contributed by atoms with Gasteiger partial charge in [0.1, 0.15) is 11.2 Å². The number of furan rings is 1. The molecule has 0 fully saturated rings. The standard InChI is InChI=1S/C28H25N7O2/c1-28(2,3)12-24(36)31-18-10-17(13-29-14-18)20-4-5-22-26(33-20)27(35-34-22)23-11-19-21(32-23)6-8-30-25(19)16-7-9-37-15-16/h4-11,13-15,32H,12H2,1-3H3,(H,31,36)(H,34,35). The van der Waals surface area contributed by atoms with Crippen LogP contribution in [0, 0.1) is 5.41 Å². The fraction of sp³-hybridized carbons (Fsp3) is 0.179. The molecule has 9 heteroatoms. The average Bonchev–Trinajstić information content (AvgIpc) is 3.61. The van der Waals surface area contributed by atoms with Gasteiger partial charge in [-0.15, -0.1) is 0 Å². The van der Waals surface area contributed by atoms with Gasteiger partial charge in [-0.1, -0.05) is 20.8 Å². The van der Waals surface area contributed by atoms with E-state index in [1.54, 1.807) is 31.1 Å². The SMILES string of the molecule is CC(C)(C)CC(=O)Nc1cncc(-c2ccc3[nH]nc(-c4cc5c(-c6ccoc6)nccc5[nH]4)c3n2)c1. The molecule has 0 atom stereocenters. The molecule has 6 heterocycles. The first kappa shape index (κ1) is 22.7. The van der Waals surface area contributed by atoms with Crippen LogP contribution in [0.25, 0.3) is 55.8 Å². The van der Waals surface area contributed by atoms with Crippen LogP contribution in [0.1, 0.15) is 27.2 Å². The van der Waals surface area contributed by atoms with Gasteiger partial charge in [0.2, 0.25) is 5.91 Å². The molecule has 6 aromatic rings. The van der Waals surface area contributed by atoms with Crippen molar-refractivity contribution in [1.29, 1.82) is 0 Å². The van der Waals surface area contributed by atoms with Crippen LogP contribution in [-0.4, -0.2) is 36.0 Å². The number of H-pyrrole nitrogens is 2. The summed E-state index contributed by atoms with van der Waals surface area (Å²) in [5, 5.41) is 11.5. The topological polar surface area (TPSA) is 125 Å². The summed E-state index contributed by atoms with van der Waals surface area (Å²) in [5.41, 5.74) is 7.81. The lowest BCUT2D eigenvalue weighted by atomic mass is 9.92. The molecule has 0 aromatic carbocycles. The van der Waals surface area contributed by atoms with Crippen molar-refractivity contribution in [2.45, 2.75) is 27.2 Å². The number of carbonyl (C=O) groups is 1. The largest absolute Gasteiger partial charge is 0.472 e. The predicted octanol–water partition coefficient (Wildman–Crippen LogP) is 6.20. The Kier molecular flexibility index (Phi) is 5.33. The maximum absolute atomic E-state index is 12.4. The number of nitrogens with zero attached hydrogens (tertiary/aromatic N) is 4. The zero-order chi connectivity index (χ0) is 25.6. The Labute approximate surface area is 212 Å². The third-order valence-electron chi connectivity index (χ3n) is 6.01. The van der Waals surface area contributed by atoms with E-state index in [4.69, 9.17) is 9.40 Å². The number of hydrogen-bond acceptors (Lipinski definition) is 6. The van der Waals surface area contributed by atoms with Crippen LogP contribution in [0.3, 0.4) is 0 Å². The lowest BCUT2D eigenvalue weighted by molar-refractivity contribution is -0.117. The summed E-state index contributed by atoms with van der Waals surface area (Å²) < 4.78 is 5.25. The lowest BCUT2D eigenvalue weighted by Crippen LogP contribution is -2.19. The summed E-state index contributed by atoms with van der Waals surface area (Å²) >= 11 is 0. The molecule has 0 radical (unpaired) electrons. The third kappa shape index (κ3) is 4.47. The number of carbonyl (C=O) groups excluding carboxylic acids is 1. The van der Waals surface area contributed by atoms with Gasteiger partial charge in [0.15, 0.2) is 0 Å². The van der Waals surface area contributed by atoms with Crippen molar-refractivity contribution in [3.63, 3.8) is 0 Å². The number of pyridine rings is 3. The summed E-state index contributed by atoms with van der Waals surface area (Å²) in [6, 6.07) is 11.6. The van der Waals surface area contributed by atoms with Crippen LogP contribution in [0.2, 0.25) is 0 Å². The monoisotopic (exact) mass is 491 g/mol. The van der Waals surface area contributed by atoms with Crippen LogP contribution in [-0.2, 0) is 4.79 Å². The first-order valence-corrected chi connectivity index (χ1v) is 12.0. The fourth-order valence-corrected chi connectivity index (χ4v) is 4.39. The Balaban J connectivity index is 1.36. The van der Waals surface area contributed by atoms with E-state index in [-0.39, 0.29) is 11.3 Å². The molecule has 6 aromatic heterocycles. The van der Waals surface area contributed by atoms with E-state index in [0.717, 1.165) is 50.1 Å². The minimum absolute atomic E-state index is 0.0462. The number of aromatic amines is 2. The summed E-state index contributed by atoms with van der Waals surface area (Å²) in [6.07, 6.45) is 8.88. The Morgan fingerprint density at radius 1 is 1.03 bits per heavy atom.